The SMILES string of the molecule is COC(=O)CC(NC(=O)CCc1ccc(Br)cc1F)c1cccs1. The molecule has 2 aromatic rings. The lowest BCUT2D eigenvalue weighted by atomic mass is 10.1. The molecule has 0 radical (unpaired) electrons. The Balaban J connectivity index is 1.96. The molecule has 1 aromatic carbocycles. The zero-order chi connectivity index (χ0) is 17.5. The van der Waals surface area contributed by atoms with Crippen molar-refractivity contribution in [3.05, 3.63) is 56.4 Å². The lowest BCUT2D eigenvalue weighted by molar-refractivity contribution is -0.141. The number of aryl methyl sites for hydroxylation is 1. The number of hydrogen-bond acceptors (Lipinski definition) is 4. The monoisotopic (exact) mass is 413 g/mol. The standard InChI is InChI=1S/C17H17BrFNO3S/c1-23-17(22)10-14(15-3-2-8-24-15)20-16(21)7-5-11-4-6-12(18)9-13(11)19/h2-4,6,8-9,14H,5,7,10H2,1H3,(H,20,21). The van der Waals surface area contributed by atoms with Crippen LogP contribution in [-0.4, -0.2) is 19.0 Å². The van der Waals surface area contributed by atoms with Gasteiger partial charge in [0, 0.05) is 15.8 Å². The summed E-state index contributed by atoms with van der Waals surface area (Å²) in [6.07, 6.45) is 0.497. The minimum Gasteiger partial charge on any atom is -0.469 e. The first-order valence-electron chi connectivity index (χ1n) is 7.33. The number of rotatable bonds is 7. The fourth-order valence-electron chi connectivity index (χ4n) is 2.20. The maximum absolute atomic E-state index is 13.8. The maximum atomic E-state index is 13.8. The number of thiophene rings is 1. The Kier molecular flexibility index (Phi) is 6.93. The summed E-state index contributed by atoms with van der Waals surface area (Å²) >= 11 is 4.66. The molecular formula is C17H17BrFNO3S. The van der Waals surface area contributed by atoms with Crippen LogP contribution >= 0.6 is 27.3 Å². The van der Waals surface area contributed by atoms with Crippen LogP contribution in [0.3, 0.4) is 0 Å². The molecule has 1 amide bonds. The van der Waals surface area contributed by atoms with Gasteiger partial charge in [-0.1, -0.05) is 28.1 Å². The van der Waals surface area contributed by atoms with Crippen molar-refractivity contribution in [1.82, 2.24) is 5.32 Å². The number of esters is 1. The van der Waals surface area contributed by atoms with Gasteiger partial charge >= 0.3 is 5.97 Å². The molecule has 1 heterocycles. The van der Waals surface area contributed by atoms with E-state index in [2.05, 4.69) is 26.0 Å². The van der Waals surface area contributed by atoms with E-state index in [9.17, 15) is 14.0 Å². The topological polar surface area (TPSA) is 55.4 Å². The van der Waals surface area contributed by atoms with E-state index in [0.717, 1.165) is 4.88 Å². The third-order valence-corrected chi connectivity index (χ3v) is 4.94. The number of hydrogen-bond donors (Lipinski definition) is 1. The smallest absolute Gasteiger partial charge is 0.307 e. The second-order valence-electron chi connectivity index (χ2n) is 5.15. The van der Waals surface area contributed by atoms with Crippen molar-refractivity contribution in [1.29, 1.82) is 0 Å². The number of ether oxygens (including phenoxy) is 1. The first kappa shape index (κ1) is 18.6. The third kappa shape index (κ3) is 5.42. The summed E-state index contributed by atoms with van der Waals surface area (Å²) in [7, 11) is 1.31. The number of amides is 1. The van der Waals surface area contributed by atoms with E-state index in [4.69, 9.17) is 0 Å². The van der Waals surface area contributed by atoms with Crippen LogP contribution in [0.1, 0.15) is 29.3 Å². The van der Waals surface area contributed by atoms with Crippen molar-refractivity contribution in [3.8, 4) is 0 Å². The normalized spacial score (nSPS) is 11.8. The number of methoxy groups -OCH3 is 1. The van der Waals surface area contributed by atoms with Gasteiger partial charge in [-0.25, -0.2) is 4.39 Å². The first-order chi connectivity index (χ1) is 11.5. The van der Waals surface area contributed by atoms with Crippen LogP contribution < -0.4 is 5.32 Å². The Labute approximate surface area is 152 Å². The molecule has 7 heteroatoms. The molecule has 1 unspecified atom stereocenters. The van der Waals surface area contributed by atoms with Gasteiger partial charge in [-0.2, -0.15) is 0 Å². The van der Waals surface area contributed by atoms with Gasteiger partial charge in [0.1, 0.15) is 5.82 Å². The Bertz CT molecular complexity index is 706. The molecule has 0 spiro atoms. The predicted molar refractivity (Wildman–Crippen MR) is 94.3 cm³/mol. The van der Waals surface area contributed by atoms with E-state index in [0.29, 0.717) is 16.5 Å². The van der Waals surface area contributed by atoms with Crippen LogP contribution in [0.4, 0.5) is 4.39 Å². The second kappa shape index (κ2) is 8.94. The molecule has 24 heavy (non-hydrogen) atoms. The summed E-state index contributed by atoms with van der Waals surface area (Å²) < 4.78 is 19.1. The zero-order valence-electron chi connectivity index (χ0n) is 13.1. The molecule has 0 saturated heterocycles. The van der Waals surface area contributed by atoms with Gasteiger partial charge in [-0.15, -0.1) is 11.3 Å². The maximum Gasteiger partial charge on any atom is 0.307 e. The third-order valence-electron chi connectivity index (χ3n) is 3.46. The van der Waals surface area contributed by atoms with Gasteiger partial charge in [-0.3, -0.25) is 9.59 Å². The molecule has 1 aromatic heterocycles. The summed E-state index contributed by atoms with van der Waals surface area (Å²) in [6.45, 7) is 0. The van der Waals surface area contributed by atoms with Crippen molar-refractivity contribution in [2.75, 3.05) is 7.11 Å². The summed E-state index contributed by atoms with van der Waals surface area (Å²) in [4.78, 5) is 24.6. The van der Waals surface area contributed by atoms with E-state index in [-0.39, 0.29) is 24.6 Å². The second-order valence-corrected chi connectivity index (χ2v) is 7.05. The van der Waals surface area contributed by atoms with Crippen LogP contribution in [-0.2, 0) is 20.7 Å². The minimum absolute atomic E-state index is 0.0649. The Morgan fingerprint density at radius 2 is 2.17 bits per heavy atom. The molecule has 1 N–H and O–H groups in total. The molecule has 0 saturated carbocycles. The van der Waals surface area contributed by atoms with Gasteiger partial charge in [0.05, 0.1) is 19.6 Å². The molecule has 4 nitrogen and oxygen atoms in total. The van der Waals surface area contributed by atoms with E-state index >= 15 is 0 Å². The van der Waals surface area contributed by atoms with Gasteiger partial charge in [0.15, 0.2) is 0 Å². The van der Waals surface area contributed by atoms with Gasteiger partial charge in [0.2, 0.25) is 5.91 Å². The van der Waals surface area contributed by atoms with Gasteiger partial charge in [-0.05, 0) is 35.6 Å². The molecule has 0 bridgehead atoms. The van der Waals surface area contributed by atoms with E-state index in [1.54, 1.807) is 12.1 Å². The Hall–Kier alpha value is -1.73. The lowest BCUT2D eigenvalue weighted by Gasteiger charge is -2.16. The highest BCUT2D eigenvalue weighted by Crippen LogP contribution is 2.23. The highest BCUT2D eigenvalue weighted by atomic mass is 79.9. The van der Waals surface area contributed by atoms with E-state index in [1.807, 2.05) is 17.5 Å². The van der Waals surface area contributed by atoms with Crippen molar-refractivity contribution in [3.63, 3.8) is 0 Å². The number of nitrogens with one attached hydrogen (secondary N) is 1. The summed E-state index contributed by atoms with van der Waals surface area (Å²) in [5.74, 6) is -0.978. The summed E-state index contributed by atoms with van der Waals surface area (Å²) in [6, 6.07) is 8.04. The Morgan fingerprint density at radius 1 is 1.38 bits per heavy atom. The van der Waals surface area contributed by atoms with Crippen LogP contribution in [0.25, 0.3) is 0 Å². The highest BCUT2D eigenvalue weighted by Gasteiger charge is 2.20. The van der Waals surface area contributed by atoms with Crippen molar-refractivity contribution < 1.29 is 18.7 Å². The number of carbonyl (C=O) groups is 2. The van der Waals surface area contributed by atoms with Crippen LogP contribution in [0.2, 0.25) is 0 Å². The number of carbonyl (C=O) groups excluding carboxylic acids is 2. The number of benzene rings is 1. The van der Waals surface area contributed by atoms with Crippen LogP contribution in [0.5, 0.6) is 0 Å². The predicted octanol–water partition coefficient (Wildman–Crippen LogP) is 4.00. The fraction of sp³-hybridized carbons (Fsp3) is 0.294. The Morgan fingerprint density at radius 3 is 2.79 bits per heavy atom. The molecular weight excluding hydrogens is 397 g/mol. The summed E-state index contributed by atoms with van der Waals surface area (Å²) in [5.41, 5.74) is 0.481. The van der Waals surface area contributed by atoms with E-state index < -0.39 is 12.0 Å². The van der Waals surface area contributed by atoms with Crippen molar-refractivity contribution >= 4 is 39.1 Å². The largest absolute Gasteiger partial charge is 0.469 e. The molecule has 1 atom stereocenters. The van der Waals surface area contributed by atoms with E-state index in [1.165, 1.54) is 24.5 Å². The average Bonchev–Trinajstić information content (AvgIpc) is 3.07. The zero-order valence-corrected chi connectivity index (χ0v) is 15.5. The van der Waals surface area contributed by atoms with Crippen LogP contribution in [0, 0.1) is 5.82 Å². The van der Waals surface area contributed by atoms with Crippen LogP contribution in [0.15, 0.2) is 40.2 Å². The summed E-state index contributed by atoms with van der Waals surface area (Å²) in [5, 5.41) is 4.70. The highest BCUT2D eigenvalue weighted by molar-refractivity contribution is 9.10. The average molecular weight is 414 g/mol. The molecule has 0 aliphatic carbocycles. The quantitative estimate of drug-likeness (QED) is 0.697. The molecule has 0 fully saturated rings. The molecule has 2 rings (SSSR count). The first-order valence-corrected chi connectivity index (χ1v) is 9.00. The minimum atomic E-state index is -0.431. The van der Waals surface area contributed by atoms with Crippen molar-refractivity contribution in [2.24, 2.45) is 0 Å². The molecule has 128 valence electrons. The molecule has 0 aliphatic heterocycles. The number of halogens is 2. The van der Waals surface area contributed by atoms with Crippen molar-refractivity contribution in [2.45, 2.75) is 25.3 Å². The fourth-order valence-corrected chi connectivity index (χ4v) is 3.31. The van der Waals surface area contributed by atoms with Gasteiger partial charge < -0.3 is 10.1 Å². The molecule has 0 aliphatic rings. The lowest BCUT2D eigenvalue weighted by Crippen LogP contribution is -2.30. The van der Waals surface area contributed by atoms with Gasteiger partial charge in [0.25, 0.3) is 0 Å².